The van der Waals surface area contributed by atoms with E-state index < -0.39 is 6.36 Å². The third kappa shape index (κ3) is 2.23. The second-order valence-corrected chi connectivity index (χ2v) is 3.51. The fraction of sp³-hybridized carbons (Fsp3) is 0.125. The highest BCUT2D eigenvalue weighted by molar-refractivity contribution is 9.10. The molecule has 0 radical (unpaired) electrons. The number of aromatic nitrogens is 1. The first-order chi connectivity index (χ1) is 6.96. The lowest BCUT2D eigenvalue weighted by Crippen LogP contribution is -2.17. The van der Waals surface area contributed by atoms with Crippen LogP contribution in [0, 0.1) is 0 Å². The van der Waals surface area contributed by atoms with Crippen LogP contribution < -0.4 is 4.74 Å². The maximum atomic E-state index is 11.9. The Morgan fingerprint density at radius 3 is 2.73 bits per heavy atom. The second-order valence-electron chi connectivity index (χ2n) is 2.65. The molecule has 80 valence electrons. The molecule has 1 aromatic heterocycles. The summed E-state index contributed by atoms with van der Waals surface area (Å²) in [6, 6.07) is 2.32. The molecule has 0 N–H and O–H groups in total. The number of alkyl halides is 3. The molecule has 2 rings (SSSR count). The van der Waals surface area contributed by atoms with Gasteiger partial charge in [0.1, 0.15) is 11.3 Å². The first kappa shape index (κ1) is 10.3. The number of hydrogen-bond donors (Lipinski definition) is 0. The van der Waals surface area contributed by atoms with Gasteiger partial charge in [-0.25, -0.2) is 4.98 Å². The number of oxazole rings is 1. The third-order valence-electron chi connectivity index (χ3n) is 1.59. The van der Waals surface area contributed by atoms with Crippen molar-refractivity contribution >= 4 is 27.0 Å². The Hall–Kier alpha value is -1.24. The maximum Gasteiger partial charge on any atom is 0.573 e. The number of ether oxygens (including phenoxy) is 1. The Balaban J connectivity index is 2.45. The monoisotopic (exact) mass is 281 g/mol. The summed E-state index contributed by atoms with van der Waals surface area (Å²) in [6.07, 6.45) is -3.57. The van der Waals surface area contributed by atoms with Crippen LogP contribution in [0.5, 0.6) is 5.75 Å². The first-order valence-electron chi connectivity index (χ1n) is 3.74. The van der Waals surface area contributed by atoms with Crippen LogP contribution in [-0.4, -0.2) is 11.3 Å². The van der Waals surface area contributed by atoms with Gasteiger partial charge in [-0.3, -0.25) is 0 Å². The number of fused-ring (bicyclic) bond motifs is 1. The quantitative estimate of drug-likeness (QED) is 0.803. The van der Waals surface area contributed by atoms with E-state index in [4.69, 9.17) is 4.42 Å². The van der Waals surface area contributed by atoms with E-state index in [9.17, 15) is 13.2 Å². The summed E-state index contributed by atoms with van der Waals surface area (Å²) in [5, 5.41) is 0. The largest absolute Gasteiger partial charge is 0.573 e. The fourth-order valence-corrected chi connectivity index (χ4v) is 1.62. The zero-order valence-corrected chi connectivity index (χ0v) is 8.59. The van der Waals surface area contributed by atoms with Gasteiger partial charge in [0.2, 0.25) is 0 Å². The molecule has 0 amide bonds. The zero-order chi connectivity index (χ0) is 11.1. The molecule has 0 aliphatic rings. The molecule has 0 bridgehead atoms. The molecule has 1 aromatic carbocycles. The summed E-state index contributed by atoms with van der Waals surface area (Å²) in [7, 11) is 0. The lowest BCUT2D eigenvalue weighted by Gasteiger charge is -2.08. The summed E-state index contributed by atoms with van der Waals surface area (Å²) in [6.45, 7) is 0. The van der Waals surface area contributed by atoms with Crippen molar-refractivity contribution in [2.45, 2.75) is 6.36 Å². The van der Waals surface area contributed by atoms with Crippen molar-refractivity contribution in [3.8, 4) is 5.75 Å². The van der Waals surface area contributed by atoms with Gasteiger partial charge in [-0.15, -0.1) is 13.2 Å². The summed E-state index contributed by atoms with van der Waals surface area (Å²) < 4.78 is 44.8. The van der Waals surface area contributed by atoms with Gasteiger partial charge in [-0.05, 0) is 22.0 Å². The van der Waals surface area contributed by atoms with Gasteiger partial charge in [0, 0.05) is 6.07 Å². The Morgan fingerprint density at radius 2 is 2.07 bits per heavy atom. The normalized spacial score (nSPS) is 12.0. The molecule has 0 fully saturated rings. The van der Waals surface area contributed by atoms with Crippen LogP contribution >= 0.6 is 15.9 Å². The minimum absolute atomic E-state index is 0.295. The van der Waals surface area contributed by atoms with Gasteiger partial charge in [0.05, 0.1) is 4.47 Å². The average molecular weight is 282 g/mol. The molecule has 2 aromatic rings. The predicted molar refractivity (Wildman–Crippen MR) is 48.4 cm³/mol. The van der Waals surface area contributed by atoms with Gasteiger partial charge in [0.15, 0.2) is 12.0 Å². The predicted octanol–water partition coefficient (Wildman–Crippen LogP) is 3.49. The molecule has 1 heterocycles. The minimum atomic E-state index is -4.71. The molecule has 0 atom stereocenters. The van der Waals surface area contributed by atoms with E-state index in [1.807, 2.05) is 0 Å². The van der Waals surface area contributed by atoms with Crippen LogP contribution in [0.4, 0.5) is 13.2 Å². The zero-order valence-electron chi connectivity index (χ0n) is 7.01. The lowest BCUT2D eigenvalue weighted by molar-refractivity contribution is -0.274. The molecule has 0 aliphatic heterocycles. The summed E-state index contributed by atoms with van der Waals surface area (Å²) in [4.78, 5) is 3.73. The van der Waals surface area contributed by atoms with Gasteiger partial charge >= 0.3 is 6.36 Å². The first-order valence-corrected chi connectivity index (χ1v) is 4.53. The number of halogens is 4. The molecule has 3 nitrogen and oxygen atoms in total. The number of hydrogen-bond acceptors (Lipinski definition) is 3. The van der Waals surface area contributed by atoms with E-state index in [0.717, 1.165) is 12.5 Å². The van der Waals surface area contributed by atoms with Gasteiger partial charge in [0.25, 0.3) is 0 Å². The molecule has 15 heavy (non-hydrogen) atoms. The summed E-state index contributed by atoms with van der Waals surface area (Å²) in [5.41, 5.74) is 0.674. The SMILES string of the molecule is FC(F)(F)Oc1cc(Br)c2ocnc2c1. The van der Waals surface area contributed by atoms with Crippen LogP contribution in [0.1, 0.15) is 0 Å². The Labute approximate surface area is 90.0 Å². The average Bonchev–Trinajstić information content (AvgIpc) is 2.48. The van der Waals surface area contributed by atoms with E-state index in [2.05, 4.69) is 25.7 Å². The van der Waals surface area contributed by atoms with E-state index in [0.29, 0.717) is 15.6 Å². The molecule has 0 aliphatic carbocycles. The van der Waals surface area contributed by atoms with Crippen molar-refractivity contribution in [1.82, 2.24) is 4.98 Å². The molecular weight excluding hydrogens is 279 g/mol. The number of benzene rings is 1. The van der Waals surface area contributed by atoms with Crippen molar-refractivity contribution in [2.75, 3.05) is 0 Å². The van der Waals surface area contributed by atoms with Crippen molar-refractivity contribution < 1.29 is 22.3 Å². The highest BCUT2D eigenvalue weighted by Crippen LogP contribution is 2.31. The smallest absolute Gasteiger partial charge is 0.442 e. The molecule has 0 saturated carbocycles. The topological polar surface area (TPSA) is 35.3 Å². The Bertz CT molecular complexity index is 494. The molecule has 0 unspecified atom stereocenters. The van der Waals surface area contributed by atoms with Crippen LogP contribution in [0.3, 0.4) is 0 Å². The van der Waals surface area contributed by atoms with E-state index in [-0.39, 0.29) is 5.75 Å². The van der Waals surface area contributed by atoms with Crippen LogP contribution in [0.25, 0.3) is 11.1 Å². The summed E-state index contributed by atoms with van der Waals surface area (Å²) in [5.74, 6) is -0.337. The van der Waals surface area contributed by atoms with Crippen LogP contribution in [0.2, 0.25) is 0 Å². The Morgan fingerprint density at radius 1 is 1.33 bits per heavy atom. The lowest BCUT2D eigenvalue weighted by atomic mass is 10.3. The standard InChI is InChI=1S/C8H3BrF3NO2/c9-5-1-4(15-8(10,11)12)2-6-7(5)14-3-13-6/h1-3H. The van der Waals surface area contributed by atoms with E-state index >= 15 is 0 Å². The highest BCUT2D eigenvalue weighted by atomic mass is 79.9. The second kappa shape index (κ2) is 3.41. The summed E-state index contributed by atoms with van der Waals surface area (Å²) >= 11 is 3.05. The van der Waals surface area contributed by atoms with E-state index in [1.165, 1.54) is 6.07 Å². The molecule has 0 saturated heterocycles. The maximum absolute atomic E-state index is 11.9. The Kier molecular flexibility index (Phi) is 2.34. The van der Waals surface area contributed by atoms with Crippen molar-refractivity contribution in [1.29, 1.82) is 0 Å². The molecule has 0 spiro atoms. The van der Waals surface area contributed by atoms with Crippen LogP contribution in [-0.2, 0) is 0 Å². The number of rotatable bonds is 1. The van der Waals surface area contributed by atoms with Crippen molar-refractivity contribution in [3.63, 3.8) is 0 Å². The highest BCUT2D eigenvalue weighted by Gasteiger charge is 2.31. The number of nitrogens with zero attached hydrogens (tertiary/aromatic N) is 1. The van der Waals surface area contributed by atoms with Gasteiger partial charge in [-0.1, -0.05) is 0 Å². The fourth-order valence-electron chi connectivity index (χ4n) is 1.10. The van der Waals surface area contributed by atoms with Gasteiger partial charge < -0.3 is 9.15 Å². The minimum Gasteiger partial charge on any atom is -0.442 e. The van der Waals surface area contributed by atoms with Gasteiger partial charge in [-0.2, -0.15) is 0 Å². The third-order valence-corrected chi connectivity index (χ3v) is 2.18. The molecule has 7 heteroatoms. The van der Waals surface area contributed by atoms with Crippen molar-refractivity contribution in [3.05, 3.63) is 23.0 Å². The molecular formula is C8H3BrF3NO2. The van der Waals surface area contributed by atoms with Crippen LogP contribution in [0.15, 0.2) is 27.4 Å². The van der Waals surface area contributed by atoms with E-state index in [1.54, 1.807) is 0 Å². The van der Waals surface area contributed by atoms with Crippen molar-refractivity contribution in [2.24, 2.45) is 0 Å².